The molecule has 0 spiro atoms. The van der Waals surface area contributed by atoms with Crippen molar-refractivity contribution in [2.24, 2.45) is 9.98 Å². The molecular weight excluding hydrogens is 308 g/mol. The number of isocyanates is 2. The molecule has 0 fully saturated rings. The zero-order valence-electron chi connectivity index (χ0n) is 13.0. The summed E-state index contributed by atoms with van der Waals surface area (Å²) >= 11 is 1.62. The van der Waals surface area contributed by atoms with E-state index in [1.54, 1.807) is 23.9 Å². The maximum atomic E-state index is 10.4. The molecule has 0 atom stereocenters. The van der Waals surface area contributed by atoms with Crippen molar-refractivity contribution in [1.82, 2.24) is 0 Å². The van der Waals surface area contributed by atoms with Crippen molar-refractivity contribution in [2.75, 3.05) is 0 Å². The van der Waals surface area contributed by atoms with Gasteiger partial charge in [-0.05, 0) is 60.4 Å². The number of hydrogen-bond donors (Lipinski definition) is 0. The van der Waals surface area contributed by atoms with Crippen LogP contribution in [0.5, 0.6) is 0 Å². The molecule has 0 amide bonds. The molecule has 0 aliphatic carbocycles. The molecule has 0 bridgehead atoms. The minimum atomic E-state index is 0.664. The van der Waals surface area contributed by atoms with Crippen molar-refractivity contribution in [3.05, 3.63) is 47.5 Å². The number of carbonyl (C=O) groups excluding carboxylic acids is 2. The molecule has 0 unspecified atom stereocenters. The van der Waals surface area contributed by atoms with Crippen molar-refractivity contribution in [3.63, 3.8) is 0 Å². The van der Waals surface area contributed by atoms with E-state index in [1.807, 2.05) is 50.2 Å². The van der Waals surface area contributed by atoms with Crippen molar-refractivity contribution < 1.29 is 9.59 Å². The van der Waals surface area contributed by atoms with Crippen LogP contribution in [0.4, 0.5) is 11.4 Å². The summed E-state index contributed by atoms with van der Waals surface area (Å²) in [6.07, 6.45) is 4.76. The molecule has 0 saturated carbocycles. The minimum Gasteiger partial charge on any atom is -0.211 e. The van der Waals surface area contributed by atoms with E-state index in [9.17, 15) is 9.59 Å². The van der Waals surface area contributed by atoms with Gasteiger partial charge in [-0.1, -0.05) is 25.6 Å². The number of nitrogens with zero attached hydrogens (tertiary/aromatic N) is 2. The summed E-state index contributed by atoms with van der Waals surface area (Å²) in [7, 11) is 0. The van der Waals surface area contributed by atoms with Crippen LogP contribution in [-0.4, -0.2) is 12.2 Å². The van der Waals surface area contributed by atoms with Gasteiger partial charge in [0.2, 0.25) is 12.2 Å². The maximum Gasteiger partial charge on any atom is 0.240 e. The summed E-state index contributed by atoms with van der Waals surface area (Å²) in [4.78, 5) is 30.5. The number of aryl methyl sites for hydroxylation is 2. The largest absolute Gasteiger partial charge is 0.240 e. The topological polar surface area (TPSA) is 58.9 Å². The SMILES string of the molecule is CCc1cc(Sc2ccc(N=C=O)c(CC)c2)ccc1N=C=O. The number of rotatable bonds is 6. The van der Waals surface area contributed by atoms with Gasteiger partial charge >= 0.3 is 0 Å². The first-order valence-corrected chi connectivity index (χ1v) is 8.12. The van der Waals surface area contributed by atoms with Gasteiger partial charge in [0.25, 0.3) is 0 Å². The molecule has 4 nitrogen and oxygen atoms in total. The summed E-state index contributed by atoms with van der Waals surface area (Å²) in [6, 6.07) is 11.6. The molecule has 2 aromatic carbocycles. The van der Waals surface area contributed by atoms with Crippen LogP contribution in [0.1, 0.15) is 25.0 Å². The Bertz CT molecular complexity index is 737. The van der Waals surface area contributed by atoms with Crippen molar-refractivity contribution >= 4 is 35.3 Å². The third kappa shape index (κ3) is 4.27. The van der Waals surface area contributed by atoms with Crippen molar-refractivity contribution in [1.29, 1.82) is 0 Å². The molecule has 0 heterocycles. The van der Waals surface area contributed by atoms with E-state index in [0.29, 0.717) is 11.4 Å². The monoisotopic (exact) mass is 324 g/mol. The molecule has 2 rings (SSSR count). The zero-order valence-corrected chi connectivity index (χ0v) is 13.8. The Morgan fingerprint density at radius 3 is 1.61 bits per heavy atom. The van der Waals surface area contributed by atoms with E-state index >= 15 is 0 Å². The van der Waals surface area contributed by atoms with Crippen molar-refractivity contribution in [3.8, 4) is 0 Å². The Morgan fingerprint density at radius 1 is 0.826 bits per heavy atom. The lowest BCUT2D eigenvalue weighted by Crippen LogP contribution is -1.85. The van der Waals surface area contributed by atoms with Gasteiger partial charge in [-0.3, -0.25) is 0 Å². The van der Waals surface area contributed by atoms with E-state index in [1.165, 1.54) is 0 Å². The fraction of sp³-hybridized carbons (Fsp3) is 0.222. The van der Waals surface area contributed by atoms with Crippen LogP contribution in [0.15, 0.2) is 56.2 Å². The second-order valence-corrected chi connectivity index (χ2v) is 5.94. The van der Waals surface area contributed by atoms with E-state index < -0.39 is 0 Å². The molecule has 0 N–H and O–H groups in total. The standard InChI is InChI=1S/C18H16N2O2S/c1-3-13-9-15(5-7-17(13)19-11-21)23-16-6-8-18(20-12-22)14(4-2)10-16/h5-10H,3-4H2,1-2H3. The van der Waals surface area contributed by atoms with Crippen molar-refractivity contribution in [2.45, 2.75) is 36.5 Å². The van der Waals surface area contributed by atoms with Crippen LogP contribution in [0.25, 0.3) is 0 Å². The van der Waals surface area contributed by atoms with Gasteiger partial charge in [0.1, 0.15) is 0 Å². The highest BCUT2D eigenvalue weighted by Crippen LogP contribution is 2.34. The van der Waals surface area contributed by atoms with E-state index in [0.717, 1.165) is 33.8 Å². The van der Waals surface area contributed by atoms with Gasteiger partial charge < -0.3 is 0 Å². The number of aliphatic imine (C=N–C) groups is 2. The van der Waals surface area contributed by atoms with Gasteiger partial charge in [0, 0.05) is 9.79 Å². The summed E-state index contributed by atoms with van der Waals surface area (Å²) < 4.78 is 0. The van der Waals surface area contributed by atoms with E-state index in [4.69, 9.17) is 0 Å². The Hall–Kier alpha value is -2.45. The first-order chi connectivity index (χ1) is 11.2. The van der Waals surface area contributed by atoms with Gasteiger partial charge in [-0.15, -0.1) is 0 Å². The fourth-order valence-corrected chi connectivity index (χ4v) is 3.22. The highest BCUT2D eigenvalue weighted by Gasteiger charge is 2.06. The normalized spacial score (nSPS) is 9.83. The first kappa shape index (κ1) is 16.9. The van der Waals surface area contributed by atoms with Gasteiger partial charge in [0.15, 0.2) is 0 Å². The third-order valence-corrected chi connectivity index (χ3v) is 4.41. The second kappa shape index (κ2) is 8.25. The van der Waals surface area contributed by atoms with Crippen LogP contribution in [0.3, 0.4) is 0 Å². The average molecular weight is 324 g/mol. The molecule has 0 aliphatic heterocycles. The molecular formula is C18H16N2O2S. The van der Waals surface area contributed by atoms with E-state index in [-0.39, 0.29) is 0 Å². The first-order valence-electron chi connectivity index (χ1n) is 7.31. The number of benzene rings is 2. The lowest BCUT2D eigenvalue weighted by molar-refractivity contribution is 0.564. The second-order valence-electron chi connectivity index (χ2n) is 4.80. The van der Waals surface area contributed by atoms with Gasteiger partial charge in [-0.25, -0.2) is 9.59 Å². The zero-order chi connectivity index (χ0) is 16.7. The quantitative estimate of drug-likeness (QED) is 0.561. The maximum absolute atomic E-state index is 10.4. The fourth-order valence-electron chi connectivity index (χ4n) is 2.27. The van der Waals surface area contributed by atoms with E-state index in [2.05, 4.69) is 9.98 Å². The average Bonchev–Trinajstić information content (AvgIpc) is 2.58. The van der Waals surface area contributed by atoms with Crippen LogP contribution < -0.4 is 0 Å². The Morgan fingerprint density at radius 2 is 1.26 bits per heavy atom. The predicted molar refractivity (Wildman–Crippen MR) is 91.3 cm³/mol. The Kier molecular flexibility index (Phi) is 6.07. The summed E-state index contributed by atoms with van der Waals surface area (Å²) in [5.74, 6) is 0. The van der Waals surface area contributed by atoms with Crippen LogP contribution in [-0.2, 0) is 22.4 Å². The molecule has 0 aliphatic rings. The lowest BCUT2D eigenvalue weighted by atomic mass is 10.1. The van der Waals surface area contributed by atoms with Gasteiger partial charge in [0.05, 0.1) is 11.4 Å². The van der Waals surface area contributed by atoms with Gasteiger partial charge in [-0.2, -0.15) is 9.98 Å². The van der Waals surface area contributed by atoms with Crippen LogP contribution in [0.2, 0.25) is 0 Å². The summed E-state index contributed by atoms with van der Waals surface area (Å²) in [5, 5.41) is 0. The molecule has 0 aromatic heterocycles. The molecule has 2 aromatic rings. The molecule has 0 saturated heterocycles. The van der Waals surface area contributed by atoms with Crippen LogP contribution >= 0.6 is 11.8 Å². The summed E-state index contributed by atoms with van der Waals surface area (Å²) in [6.45, 7) is 4.05. The molecule has 5 heteroatoms. The summed E-state index contributed by atoms with van der Waals surface area (Å²) in [5.41, 5.74) is 3.35. The Balaban J connectivity index is 2.32. The Labute approximate surface area is 139 Å². The molecule has 0 radical (unpaired) electrons. The minimum absolute atomic E-state index is 0.664. The molecule has 116 valence electrons. The highest BCUT2D eigenvalue weighted by molar-refractivity contribution is 7.99. The van der Waals surface area contributed by atoms with Crippen LogP contribution in [0, 0.1) is 0 Å². The lowest BCUT2D eigenvalue weighted by Gasteiger charge is -2.08. The predicted octanol–water partition coefficient (Wildman–Crippen LogP) is 4.90. The smallest absolute Gasteiger partial charge is 0.211 e. The third-order valence-electron chi connectivity index (χ3n) is 3.43. The number of hydrogen-bond acceptors (Lipinski definition) is 5. The molecule has 23 heavy (non-hydrogen) atoms. The highest BCUT2D eigenvalue weighted by atomic mass is 32.2.